The van der Waals surface area contributed by atoms with E-state index in [1.807, 2.05) is 19.9 Å². The third-order valence-electron chi connectivity index (χ3n) is 1.33. The van der Waals surface area contributed by atoms with Crippen molar-refractivity contribution in [3.05, 3.63) is 11.6 Å². The second-order valence-electron chi connectivity index (χ2n) is 2.81. The van der Waals surface area contributed by atoms with E-state index in [2.05, 4.69) is 5.32 Å². The van der Waals surface area contributed by atoms with Gasteiger partial charge in [-0.2, -0.15) is 0 Å². The normalized spacial score (nSPS) is 13.3. The Balaban J connectivity index is 3.47. The molecule has 66 valence electrons. The molecule has 0 heterocycles. The maximum atomic E-state index is 11.9. The van der Waals surface area contributed by atoms with Gasteiger partial charge in [0.25, 0.3) is 6.43 Å². The number of nitrogens with one attached hydrogen (secondary N) is 1. The highest BCUT2D eigenvalue weighted by molar-refractivity contribution is 4.94. The van der Waals surface area contributed by atoms with Crippen molar-refractivity contribution in [2.24, 2.45) is 0 Å². The SMILES string of the molecule is CC(C)=CCNC(C)C(F)F. The van der Waals surface area contributed by atoms with Crippen molar-refractivity contribution >= 4 is 0 Å². The van der Waals surface area contributed by atoms with Crippen LogP contribution in [0.2, 0.25) is 0 Å². The molecule has 0 aliphatic heterocycles. The molecule has 0 fully saturated rings. The summed E-state index contributed by atoms with van der Waals surface area (Å²) >= 11 is 0. The van der Waals surface area contributed by atoms with E-state index in [0.717, 1.165) is 5.57 Å². The predicted octanol–water partition coefficient (Wildman–Crippen LogP) is 2.20. The maximum absolute atomic E-state index is 11.9. The summed E-state index contributed by atoms with van der Waals surface area (Å²) in [5, 5.41) is 2.69. The average molecular weight is 163 g/mol. The molecule has 1 unspecified atom stereocenters. The zero-order valence-electron chi connectivity index (χ0n) is 7.20. The third kappa shape index (κ3) is 5.98. The van der Waals surface area contributed by atoms with E-state index in [1.165, 1.54) is 6.92 Å². The van der Waals surface area contributed by atoms with Crippen molar-refractivity contribution in [1.82, 2.24) is 5.32 Å². The summed E-state index contributed by atoms with van der Waals surface area (Å²) in [6, 6.07) is -0.717. The fourth-order valence-electron chi connectivity index (χ4n) is 0.538. The molecular formula is C8H15F2N. The van der Waals surface area contributed by atoms with Gasteiger partial charge in [0.05, 0.1) is 6.04 Å². The standard InChI is InChI=1S/C8H15F2N/c1-6(2)4-5-11-7(3)8(9)10/h4,7-8,11H,5H2,1-3H3. The Morgan fingerprint density at radius 3 is 2.36 bits per heavy atom. The molecule has 0 aromatic carbocycles. The largest absolute Gasteiger partial charge is 0.306 e. The fourth-order valence-corrected chi connectivity index (χ4v) is 0.538. The van der Waals surface area contributed by atoms with Gasteiger partial charge >= 0.3 is 0 Å². The molecule has 0 amide bonds. The van der Waals surface area contributed by atoms with Gasteiger partial charge in [0.1, 0.15) is 0 Å². The number of alkyl halides is 2. The zero-order chi connectivity index (χ0) is 8.85. The molecule has 1 nitrogen and oxygen atoms in total. The highest BCUT2D eigenvalue weighted by Crippen LogP contribution is 1.98. The first-order valence-corrected chi connectivity index (χ1v) is 3.69. The van der Waals surface area contributed by atoms with Crippen LogP contribution in [0.3, 0.4) is 0 Å². The minimum atomic E-state index is -2.28. The van der Waals surface area contributed by atoms with Crippen LogP contribution in [-0.2, 0) is 0 Å². The van der Waals surface area contributed by atoms with Gasteiger partial charge in [-0.15, -0.1) is 0 Å². The van der Waals surface area contributed by atoms with E-state index in [-0.39, 0.29) is 0 Å². The monoisotopic (exact) mass is 163 g/mol. The van der Waals surface area contributed by atoms with E-state index in [0.29, 0.717) is 6.54 Å². The van der Waals surface area contributed by atoms with Gasteiger partial charge in [-0.25, -0.2) is 8.78 Å². The smallest absolute Gasteiger partial charge is 0.253 e. The highest BCUT2D eigenvalue weighted by atomic mass is 19.3. The second-order valence-corrected chi connectivity index (χ2v) is 2.81. The highest BCUT2D eigenvalue weighted by Gasteiger charge is 2.11. The van der Waals surface area contributed by atoms with Crippen molar-refractivity contribution in [2.45, 2.75) is 33.2 Å². The molecule has 11 heavy (non-hydrogen) atoms. The van der Waals surface area contributed by atoms with E-state index < -0.39 is 12.5 Å². The number of hydrogen-bond acceptors (Lipinski definition) is 1. The van der Waals surface area contributed by atoms with Crippen molar-refractivity contribution in [3.8, 4) is 0 Å². The molecule has 1 N–H and O–H groups in total. The number of rotatable bonds is 4. The predicted molar refractivity (Wildman–Crippen MR) is 42.9 cm³/mol. The molecule has 0 rings (SSSR count). The fraction of sp³-hybridized carbons (Fsp3) is 0.750. The molecule has 0 aliphatic carbocycles. The molecule has 0 aromatic rings. The first-order chi connectivity index (χ1) is 5.04. The van der Waals surface area contributed by atoms with Crippen LogP contribution < -0.4 is 5.32 Å². The second kappa shape index (κ2) is 5.24. The molecule has 0 bridgehead atoms. The minimum Gasteiger partial charge on any atom is -0.306 e. The lowest BCUT2D eigenvalue weighted by Gasteiger charge is -2.10. The Hall–Kier alpha value is -0.440. The van der Waals surface area contributed by atoms with E-state index in [4.69, 9.17) is 0 Å². The lowest BCUT2D eigenvalue weighted by atomic mass is 10.3. The van der Waals surface area contributed by atoms with Crippen LogP contribution in [0, 0.1) is 0 Å². The van der Waals surface area contributed by atoms with Crippen LogP contribution in [0.4, 0.5) is 8.78 Å². The lowest BCUT2D eigenvalue weighted by molar-refractivity contribution is 0.108. The molecule has 1 atom stereocenters. The molecular weight excluding hydrogens is 148 g/mol. The number of halogens is 2. The zero-order valence-corrected chi connectivity index (χ0v) is 7.20. The van der Waals surface area contributed by atoms with Gasteiger partial charge in [0.15, 0.2) is 0 Å². The lowest BCUT2D eigenvalue weighted by Crippen LogP contribution is -2.32. The van der Waals surface area contributed by atoms with Crippen LogP contribution in [0.15, 0.2) is 11.6 Å². The number of hydrogen-bond donors (Lipinski definition) is 1. The van der Waals surface area contributed by atoms with E-state index in [9.17, 15) is 8.78 Å². The molecule has 0 saturated carbocycles. The van der Waals surface area contributed by atoms with Gasteiger partial charge in [-0.1, -0.05) is 11.6 Å². The van der Waals surface area contributed by atoms with Crippen molar-refractivity contribution < 1.29 is 8.78 Å². The Morgan fingerprint density at radius 2 is 2.00 bits per heavy atom. The van der Waals surface area contributed by atoms with Crippen LogP contribution in [-0.4, -0.2) is 19.0 Å². The third-order valence-corrected chi connectivity index (χ3v) is 1.33. The Bertz CT molecular complexity index is 128. The molecule has 0 saturated heterocycles. The first-order valence-electron chi connectivity index (χ1n) is 3.69. The quantitative estimate of drug-likeness (QED) is 0.626. The summed E-state index contributed by atoms with van der Waals surface area (Å²) < 4.78 is 23.7. The van der Waals surface area contributed by atoms with Crippen molar-refractivity contribution in [3.63, 3.8) is 0 Å². The van der Waals surface area contributed by atoms with E-state index in [1.54, 1.807) is 0 Å². The Morgan fingerprint density at radius 1 is 1.45 bits per heavy atom. The summed E-state index contributed by atoms with van der Waals surface area (Å²) in [5.74, 6) is 0. The topological polar surface area (TPSA) is 12.0 Å². The average Bonchev–Trinajstić information content (AvgIpc) is 1.86. The van der Waals surface area contributed by atoms with Gasteiger partial charge in [-0.05, 0) is 20.8 Å². The summed E-state index contributed by atoms with van der Waals surface area (Å²) in [6.07, 6.45) is -0.389. The number of allylic oxidation sites excluding steroid dienone is 1. The van der Waals surface area contributed by atoms with Crippen LogP contribution in [0.25, 0.3) is 0 Å². The summed E-state index contributed by atoms with van der Waals surface area (Å²) in [5.41, 5.74) is 1.14. The minimum absolute atomic E-state index is 0.522. The Kier molecular flexibility index (Phi) is 5.03. The van der Waals surface area contributed by atoms with Gasteiger partial charge in [0.2, 0.25) is 0 Å². The first kappa shape index (κ1) is 10.6. The van der Waals surface area contributed by atoms with Crippen LogP contribution in [0.1, 0.15) is 20.8 Å². The molecule has 3 heteroatoms. The summed E-state index contributed by atoms with van der Waals surface area (Å²) in [7, 11) is 0. The van der Waals surface area contributed by atoms with E-state index >= 15 is 0 Å². The van der Waals surface area contributed by atoms with Crippen molar-refractivity contribution in [1.29, 1.82) is 0 Å². The summed E-state index contributed by atoms with van der Waals surface area (Å²) in [6.45, 7) is 5.88. The summed E-state index contributed by atoms with van der Waals surface area (Å²) in [4.78, 5) is 0. The molecule has 0 aliphatic rings. The van der Waals surface area contributed by atoms with Crippen LogP contribution >= 0.6 is 0 Å². The maximum Gasteiger partial charge on any atom is 0.253 e. The van der Waals surface area contributed by atoms with Gasteiger partial charge in [-0.3, -0.25) is 0 Å². The molecule has 0 aromatic heterocycles. The molecule has 0 spiro atoms. The van der Waals surface area contributed by atoms with Crippen LogP contribution in [0.5, 0.6) is 0 Å². The Labute approximate surface area is 66.5 Å². The van der Waals surface area contributed by atoms with Gasteiger partial charge < -0.3 is 5.32 Å². The van der Waals surface area contributed by atoms with Crippen molar-refractivity contribution in [2.75, 3.05) is 6.54 Å². The van der Waals surface area contributed by atoms with Gasteiger partial charge in [0, 0.05) is 6.54 Å². The molecule has 0 radical (unpaired) electrons.